The summed E-state index contributed by atoms with van der Waals surface area (Å²) in [6.45, 7) is 4.16. The smallest absolute Gasteiger partial charge is 0.226 e. The summed E-state index contributed by atoms with van der Waals surface area (Å²) in [6, 6.07) is 1.22. The zero-order valence-electron chi connectivity index (χ0n) is 7.91. The molecule has 0 saturated carbocycles. The van der Waals surface area contributed by atoms with Crippen LogP contribution in [0.4, 0.5) is 0 Å². The van der Waals surface area contributed by atoms with Gasteiger partial charge in [0.05, 0.1) is 6.26 Å². The average molecular weight is 182 g/mol. The molecular formula is C10H14O3. The first kappa shape index (κ1) is 9.84. The molecule has 0 aliphatic carbocycles. The zero-order chi connectivity index (χ0) is 9.84. The maximum Gasteiger partial charge on any atom is 0.226 e. The van der Waals surface area contributed by atoms with Crippen molar-refractivity contribution in [2.45, 2.75) is 26.7 Å². The lowest BCUT2D eigenvalue weighted by molar-refractivity contribution is 0.389. The molecule has 0 aliphatic rings. The molecule has 1 rings (SSSR count). The van der Waals surface area contributed by atoms with E-state index in [0.717, 1.165) is 6.42 Å². The van der Waals surface area contributed by atoms with Crippen molar-refractivity contribution in [1.29, 1.82) is 0 Å². The van der Waals surface area contributed by atoms with Crippen LogP contribution < -0.4 is 5.43 Å². The predicted molar refractivity (Wildman–Crippen MR) is 49.8 cm³/mol. The summed E-state index contributed by atoms with van der Waals surface area (Å²) in [5.74, 6) is 0.675. The Kier molecular flexibility index (Phi) is 3.12. The minimum absolute atomic E-state index is 0.247. The maximum atomic E-state index is 11.0. The number of aryl methyl sites for hydroxylation is 1. The Morgan fingerprint density at radius 2 is 2.23 bits per heavy atom. The lowest BCUT2D eigenvalue weighted by Gasteiger charge is -2.04. The highest BCUT2D eigenvalue weighted by Crippen LogP contribution is 2.15. The van der Waals surface area contributed by atoms with Crippen LogP contribution in [-0.4, -0.2) is 5.11 Å². The van der Waals surface area contributed by atoms with Gasteiger partial charge in [-0.3, -0.25) is 4.79 Å². The van der Waals surface area contributed by atoms with E-state index in [2.05, 4.69) is 13.8 Å². The molecule has 1 N–H and O–H groups in total. The molecule has 0 radical (unpaired) electrons. The van der Waals surface area contributed by atoms with Gasteiger partial charge in [-0.15, -0.1) is 0 Å². The molecule has 0 bridgehead atoms. The van der Waals surface area contributed by atoms with Crippen LogP contribution in [0, 0.1) is 5.92 Å². The van der Waals surface area contributed by atoms with Crippen LogP contribution in [-0.2, 0) is 6.42 Å². The molecule has 1 aromatic heterocycles. The third-order valence-electron chi connectivity index (χ3n) is 1.88. The van der Waals surface area contributed by atoms with Crippen LogP contribution in [0.1, 0.15) is 26.0 Å². The van der Waals surface area contributed by atoms with Gasteiger partial charge < -0.3 is 9.52 Å². The second-order valence-electron chi connectivity index (χ2n) is 3.49. The topological polar surface area (TPSA) is 50.4 Å². The number of hydrogen-bond acceptors (Lipinski definition) is 3. The highest BCUT2D eigenvalue weighted by Gasteiger charge is 2.07. The van der Waals surface area contributed by atoms with E-state index >= 15 is 0 Å². The number of hydrogen-bond donors (Lipinski definition) is 1. The summed E-state index contributed by atoms with van der Waals surface area (Å²) in [4.78, 5) is 11.0. The number of rotatable bonds is 3. The molecule has 0 unspecified atom stereocenters. The van der Waals surface area contributed by atoms with Crippen LogP contribution in [0.15, 0.2) is 21.5 Å². The van der Waals surface area contributed by atoms with Gasteiger partial charge in [-0.1, -0.05) is 13.8 Å². The average Bonchev–Trinajstić information content (AvgIpc) is 2.07. The first-order valence-electron chi connectivity index (χ1n) is 4.41. The second-order valence-corrected chi connectivity index (χ2v) is 3.49. The molecule has 0 spiro atoms. The van der Waals surface area contributed by atoms with E-state index in [0.29, 0.717) is 18.1 Å². The quantitative estimate of drug-likeness (QED) is 0.777. The van der Waals surface area contributed by atoms with Crippen LogP contribution >= 0.6 is 0 Å². The Balaban J connectivity index is 2.77. The maximum absolute atomic E-state index is 11.0. The van der Waals surface area contributed by atoms with Crippen molar-refractivity contribution in [3.8, 4) is 5.75 Å². The predicted octanol–water partition coefficient (Wildman–Crippen LogP) is 1.93. The molecule has 0 fully saturated rings. The fourth-order valence-electron chi connectivity index (χ4n) is 1.05. The molecule has 0 aromatic carbocycles. The molecule has 0 amide bonds. The summed E-state index contributed by atoms with van der Waals surface area (Å²) in [5, 5.41) is 9.30. The normalized spacial score (nSPS) is 10.7. The Hall–Kier alpha value is -1.25. The molecule has 3 heteroatoms. The highest BCUT2D eigenvalue weighted by atomic mass is 16.4. The lowest BCUT2D eigenvalue weighted by Crippen LogP contribution is -2.02. The van der Waals surface area contributed by atoms with E-state index in [-0.39, 0.29) is 11.2 Å². The lowest BCUT2D eigenvalue weighted by atomic mass is 10.1. The summed E-state index contributed by atoms with van der Waals surface area (Å²) in [7, 11) is 0. The Morgan fingerprint density at radius 1 is 1.54 bits per heavy atom. The largest absolute Gasteiger partial charge is 0.502 e. The van der Waals surface area contributed by atoms with E-state index < -0.39 is 0 Å². The van der Waals surface area contributed by atoms with Gasteiger partial charge in [0.1, 0.15) is 5.76 Å². The molecule has 3 nitrogen and oxygen atoms in total. The van der Waals surface area contributed by atoms with Crippen molar-refractivity contribution in [2.24, 2.45) is 5.92 Å². The first-order valence-corrected chi connectivity index (χ1v) is 4.41. The van der Waals surface area contributed by atoms with Crippen LogP contribution in [0.25, 0.3) is 0 Å². The van der Waals surface area contributed by atoms with Gasteiger partial charge in [0, 0.05) is 12.5 Å². The summed E-state index contributed by atoms with van der Waals surface area (Å²) in [6.07, 6.45) is 2.83. The van der Waals surface area contributed by atoms with Crippen molar-refractivity contribution in [3.63, 3.8) is 0 Å². The minimum Gasteiger partial charge on any atom is -0.502 e. The van der Waals surface area contributed by atoms with E-state index in [9.17, 15) is 9.90 Å². The molecule has 0 atom stereocenters. The molecule has 0 aliphatic heterocycles. The molecule has 1 aromatic rings. The van der Waals surface area contributed by atoms with Crippen molar-refractivity contribution in [3.05, 3.63) is 28.3 Å². The Labute approximate surface area is 77.0 Å². The van der Waals surface area contributed by atoms with E-state index in [1.165, 1.54) is 12.3 Å². The van der Waals surface area contributed by atoms with Gasteiger partial charge in [-0.25, -0.2) is 0 Å². The summed E-state index contributed by atoms with van der Waals surface area (Å²) >= 11 is 0. The number of aromatic hydroxyl groups is 1. The van der Waals surface area contributed by atoms with Crippen LogP contribution in [0.3, 0.4) is 0 Å². The molecule has 1 heterocycles. The van der Waals surface area contributed by atoms with E-state index in [1.807, 2.05) is 0 Å². The Bertz CT molecular complexity index is 325. The Morgan fingerprint density at radius 3 is 2.85 bits per heavy atom. The standard InChI is InChI=1S/C10H14O3/c1-7(2)3-4-9-10(12)8(11)5-6-13-9/h5-7,12H,3-4H2,1-2H3. The minimum atomic E-state index is -0.370. The fourth-order valence-corrected chi connectivity index (χ4v) is 1.05. The van der Waals surface area contributed by atoms with Crippen molar-refractivity contribution >= 4 is 0 Å². The van der Waals surface area contributed by atoms with Gasteiger partial charge in [-0.05, 0) is 12.3 Å². The molecular weight excluding hydrogens is 168 g/mol. The van der Waals surface area contributed by atoms with Crippen molar-refractivity contribution in [2.75, 3.05) is 0 Å². The zero-order valence-corrected chi connectivity index (χ0v) is 7.91. The van der Waals surface area contributed by atoms with Crippen molar-refractivity contribution < 1.29 is 9.52 Å². The van der Waals surface area contributed by atoms with Gasteiger partial charge in [0.15, 0.2) is 0 Å². The SMILES string of the molecule is CC(C)CCc1occc(=O)c1O. The molecule has 0 saturated heterocycles. The van der Waals surface area contributed by atoms with Gasteiger partial charge in [0.25, 0.3) is 0 Å². The monoisotopic (exact) mass is 182 g/mol. The van der Waals surface area contributed by atoms with Gasteiger partial charge >= 0.3 is 0 Å². The third-order valence-corrected chi connectivity index (χ3v) is 1.88. The molecule has 72 valence electrons. The highest BCUT2D eigenvalue weighted by molar-refractivity contribution is 5.22. The summed E-state index contributed by atoms with van der Waals surface area (Å²) in [5.41, 5.74) is -0.370. The first-order chi connectivity index (χ1) is 6.11. The van der Waals surface area contributed by atoms with Crippen LogP contribution in [0.2, 0.25) is 0 Å². The second kappa shape index (κ2) is 4.12. The van der Waals surface area contributed by atoms with Crippen LogP contribution in [0.5, 0.6) is 5.75 Å². The van der Waals surface area contributed by atoms with Gasteiger partial charge in [0.2, 0.25) is 11.2 Å². The van der Waals surface area contributed by atoms with E-state index in [1.54, 1.807) is 0 Å². The fraction of sp³-hybridized carbons (Fsp3) is 0.500. The summed E-state index contributed by atoms with van der Waals surface area (Å²) < 4.78 is 5.04. The van der Waals surface area contributed by atoms with E-state index in [4.69, 9.17) is 4.42 Å². The van der Waals surface area contributed by atoms with Gasteiger partial charge in [-0.2, -0.15) is 0 Å². The van der Waals surface area contributed by atoms with Crippen molar-refractivity contribution in [1.82, 2.24) is 0 Å². The molecule has 13 heavy (non-hydrogen) atoms. The third kappa shape index (κ3) is 2.61.